The van der Waals surface area contributed by atoms with E-state index in [0.717, 1.165) is 44.4 Å². The van der Waals surface area contributed by atoms with Crippen molar-refractivity contribution in [3.63, 3.8) is 0 Å². The number of ether oxygens (including phenoxy) is 2. The average molecular weight is 484 g/mol. The Bertz CT molecular complexity index is 1080. The van der Waals surface area contributed by atoms with Crippen LogP contribution in [0.5, 0.6) is 0 Å². The molecule has 1 saturated heterocycles. The number of carboxylic acids is 1. The highest BCUT2D eigenvalue weighted by Gasteiger charge is 2.26. The van der Waals surface area contributed by atoms with Crippen LogP contribution in [-0.4, -0.2) is 80.3 Å². The molecule has 1 fully saturated rings. The van der Waals surface area contributed by atoms with Gasteiger partial charge in [0.2, 0.25) is 0 Å². The molecule has 0 bridgehead atoms. The van der Waals surface area contributed by atoms with Gasteiger partial charge in [-0.3, -0.25) is 9.69 Å². The van der Waals surface area contributed by atoms with Crippen LogP contribution in [-0.2, 0) is 36.8 Å². The summed E-state index contributed by atoms with van der Waals surface area (Å²) < 4.78 is 9.12. The van der Waals surface area contributed by atoms with Crippen LogP contribution >= 0.6 is 0 Å². The van der Waals surface area contributed by atoms with E-state index in [1.165, 1.54) is 7.11 Å². The number of nitrogens with one attached hydrogen (secondary N) is 2. The van der Waals surface area contributed by atoms with E-state index >= 15 is 0 Å². The summed E-state index contributed by atoms with van der Waals surface area (Å²) in [4.78, 5) is 49.7. The molecule has 2 aromatic carbocycles. The molecule has 0 spiro atoms. The number of aromatic carboxylic acids is 1. The molecule has 10 heteroatoms. The van der Waals surface area contributed by atoms with Gasteiger partial charge in [0.25, 0.3) is 0 Å². The van der Waals surface area contributed by atoms with E-state index < -0.39 is 29.9 Å². The Morgan fingerprint density at radius 3 is 2.31 bits per heavy atom. The quantitative estimate of drug-likeness (QED) is 0.369. The maximum Gasteiger partial charge on any atom is 0.396 e. The van der Waals surface area contributed by atoms with Gasteiger partial charge in [-0.05, 0) is 22.8 Å². The zero-order valence-corrected chi connectivity index (χ0v) is 19.7. The minimum atomic E-state index is -1.11. The summed E-state index contributed by atoms with van der Waals surface area (Å²) in [6, 6.07) is 11.3. The summed E-state index contributed by atoms with van der Waals surface area (Å²) in [6.45, 7) is 4.15. The lowest BCUT2D eigenvalue weighted by molar-refractivity contribution is -0.154. The Labute approximate surface area is 203 Å². The second-order valence-corrected chi connectivity index (χ2v) is 8.11. The number of methoxy groups -OCH3 is 2. The lowest BCUT2D eigenvalue weighted by Gasteiger charge is -2.28. The van der Waals surface area contributed by atoms with E-state index in [1.54, 1.807) is 36.4 Å². The first-order valence-electron chi connectivity index (χ1n) is 11.2. The van der Waals surface area contributed by atoms with Crippen LogP contribution in [0, 0.1) is 0 Å². The van der Waals surface area contributed by atoms with Gasteiger partial charge in [-0.2, -0.15) is 0 Å². The molecule has 35 heavy (non-hydrogen) atoms. The third kappa shape index (κ3) is 6.65. The molecule has 0 aromatic heterocycles. The summed E-state index contributed by atoms with van der Waals surface area (Å²) in [5.41, 5.74) is 3.19. The first kappa shape index (κ1) is 25.9. The van der Waals surface area contributed by atoms with Gasteiger partial charge in [-0.25, -0.2) is 14.4 Å². The van der Waals surface area contributed by atoms with Crippen molar-refractivity contribution < 1.29 is 33.8 Å². The van der Waals surface area contributed by atoms with E-state index in [-0.39, 0.29) is 12.0 Å². The van der Waals surface area contributed by atoms with Gasteiger partial charge in [0.15, 0.2) is 0 Å². The van der Waals surface area contributed by atoms with Gasteiger partial charge in [0.1, 0.15) is 6.04 Å². The number of carbonyl (C=O) groups excluding carboxylic acids is 3. The number of nitrogens with zero attached hydrogens (tertiary/aromatic N) is 1. The molecular weight excluding hydrogens is 454 g/mol. The van der Waals surface area contributed by atoms with Crippen LogP contribution < -0.4 is 10.6 Å². The first-order chi connectivity index (χ1) is 16.8. The topological polar surface area (TPSA) is 134 Å². The molecule has 1 atom stereocenters. The van der Waals surface area contributed by atoms with E-state index in [4.69, 9.17) is 4.74 Å². The fraction of sp³-hybridized carbons (Fsp3) is 0.360. The molecule has 1 heterocycles. The number of benzene rings is 2. The molecule has 0 saturated carbocycles. The predicted molar refractivity (Wildman–Crippen MR) is 127 cm³/mol. The first-order valence-corrected chi connectivity index (χ1v) is 11.2. The number of esters is 2. The van der Waals surface area contributed by atoms with Crippen LogP contribution in [0.15, 0.2) is 42.5 Å². The molecule has 1 amide bonds. The lowest BCUT2D eigenvalue weighted by Crippen LogP contribution is -2.46. The van der Waals surface area contributed by atoms with Crippen LogP contribution in [0.2, 0.25) is 0 Å². The van der Waals surface area contributed by atoms with Gasteiger partial charge in [0.05, 0.1) is 19.8 Å². The van der Waals surface area contributed by atoms with Gasteiger partial charge in [-0.15, -0.1) is 0 Å². The fourth-order valence-electron chi connectivity index (χ4n) is 4.05. The number of hydrogen-bond donors (Lipinski definition) is 3. The second kappa shape index (κ2) is 12.1. The minimum absolute atomic E-state index is 0.0733. The Morgan fingerprint density at radius 1 is 1.03 bits per heavy atom. The van der Waals surface area contributed by atoms with E-state index in [0.29, 0.717) is 17.7 Å². The summed E-state index contributed by atoms with van der Waals surface area (Å²) in [5.74, 6) is -3.88. The molecular formula is C25H29N3O7. The van der Waals surface area contributed by atoms with Crippen molar-refractivity contribution in [2.45, 2.75) is 19.0 Å². The number of piperazine rings is 1. The van der Waals surface area contributed by atoms with Crippen LogP contribution in [0.3, 0.4) is 0 Å². The summed E-state index contributed by atoms with van der Waals surface area (Å²) in [5, 5.41) is 15.4. The standard InChI is InChI=1S/C25H29N3O7/c1-34-24(32)20(27-22(29)25(33)35-2)14-16-6-8-17(9-7-16)21-18(4-3-5-19(21)23(30)31)15-28-12-10-26-11-13-28/h3-9,20,26H,10-15H2,1-2H3,(H,27,29)(H,30,31)/t20-/m1/s1. The Morgan fingerprint density at radius 2 is 1.71 bits per heavy atom. The van der Waals surface area contributed by atoms with Gasteiger partial charge < -0.3 is 25.2 Å². The summed E-state index contributed by atoms with van der Waals surface area (Å²) in [7, 11) is 2.25. The average Bonchev–Trinajstić information content (AvgIpc) is 2.88. The molecule has 1 aliphatic rings. The zero-order chi connectivity index (χ0) is 25.4. The van der Waals surface area contributed by atoms with E-state index in [2.05, 4.69) is 20.3 Å². The molecule has 0 radical (unpaired) electrons. The van der Waals surface area contributed by atoms with Crippen molar-refractivity contribution >= 4 is 23.8 Å². The highest BCUT2D eigenvalue weighted by molar-refractivity contribution is 6.32. The smallest absolute Gasteiger partial charge is 0.396 e. The van der Waals surface area contributed by atoms with Crippen molar-refractivity contribution in [2.24, 2.45) is 0 Å². The largest absolute Gasteiger partial charge is 0.478 e. The van der Waals surface area contributed by atoms with Gasteiger partial charge >= 0.3 is 23.8 Å². The molecule has 3 rings (SSSR count). The molecule has 0 unspecified atom stereocenters. The Hall–Kier alpha value is -3.76. The Kier molecular flexibility index (Phi) is 8.93. The maximum atomic E-state index is 12.1. The zero-order valence-electron chi connectivity index (χ0n) is 19.7. The number of carboxylic acid groups (broad SMARTS) is 1. The number of carbonyl (C=O) groups is 4. The maximum absolute atomic E-state index is 12.1. The van der Waals surface area contributed by atoms with Crippen molar-refractivity contribution in [1.82, 2.24) is 15.5 Å². The summed E-state index contributed by atoms with van der Waals surface area (Å²) in [6.07, 6.45) is 0.0733. The fourth-order valence-corrected chi connectivity index (χ4v) is 4.05. The van der Waals surface area contributed by atoms with Crippen LogP contribution in [0.25, 0.3) is 11.1 Å². The predicted octanol–water partition coefficient (Wildman–Crippen LogP) is 0.830. The molecule has 186 valence electrons. The summed E-state index contributed by atoms with van der Waals surface area (Å²) >= 11 is 0. The van der Waals surface area contributed by atoms with Gasteiger partial charge in [-0.1, -0.05) is 36.4 Å². The van der Waals surface area contributed by atoms with Crippen LogP contribution in [0.4, 0.5) is 0 Å². The normalized spacial score (nSPS) is 14.6. The third-order valence-electron chi connectivity index (χ3n) is 5.83. The van der Waals surface area contributed by atoms with E-state index in [1.807, 2.05) is 6.07 Å². The van der Waals surface area contributed by atoms with Crippen molar-refractivity contribution in [1.29, 1.82) is 0 Å². The molecule has 2 aromatic rings. The van der Waals surface area contributed by atoms with E-state index in [9.17, 15) is 24.3 Å². The highest BCUT2D eigenvalue weighted by Crippen LogP contribution is 2.30. The van der Waals surface area contributed by atoms with Crippen LogP contribution in [0.1, 0.15) is 21.5 Å². The number of amides is 1. The van der Waals surface area contributed by atoms with Crippen molar-refractivity contribution in [2.75, 3.05) is 40.4 Å². The SMILES string of the molecule is COC(=O)C(=O)N[C@H](Cc1ccc(-c2c(CN3CCNCC3)cccc2C(=O)O)cc1)C(=O)OC. The third-order valence-corrected chi connectivity index (χ3v) is 5.83. The van der Waals surface area contributed by atoms with Gasteiger partial charge in [0, 0.05) is 44.7 Å². The monoisotopic (exact) mass is 483 g/mol. The molecule has 0 aliphatic carbocycles. The molecule has 10 nitrogen and oxygen atoms in total. The highest BCUT2D eigenvalue weighted by atomic mass is 16.5. The number of hydrogen-bond acceptors (Lipinski definition) is 8. The minimum Gasteiger partial charge on any atom is -0.478 e. The molecule has 1 aliphatic heterocycles. The Balaban J connectivity index is 1.86. The van der Waals surface area contributed by atoms with Crippen molar-refractivity contribution in [3.8, 4) is 11.1 Å². The second-order valence-electron chi connectivity index (χ2n) is 8.11. The lowest BCUT2D eigenvalue weighted by atomic mass is 9.92. The van der Waals surface area contributed by atoms with Crippen molar-refractivity contribution in [3.05, 3.63) is 59.2 Å². The molecule has 3 N–H and O–H groups in total. The number of rotatable bonds is 8.